The molecule has 1 unspecified atom stereocenters. The van der Waals surface area contributed by atoms with E-state index in [0.717, 1.165) is 0 Å². The lowest BCUT2D eigenvalue weighted by Gasteiger charge is -2.36. The fourth-order valence-electron chi connectivity index (χ4n) is 2.61. The van der Waals surface area contributed by atoms with E-state index >= 15 is 0 Å². The zero-order valence-electron chi connectivity index (χ0n) is 13.1. The van der Waals surface area contributed by atoms with Gasteiger partial charge in [-0.15, -0.1) is 0 Å². The summed E-state index contributed by atoms with van der Waals surface area (Å²) in [6, 6.07) is -0.00765. The van der Waals surface area contributed by atoms with E-state index in [2.05, 4.69) is 0 Å². The minimum absolute atomic E-state index is 0.00765. The van der Waals surface area contributed by atoms with Crippen LogP contribution >= 0.6 is 0 Å². The van der Waals surface area contributed by atoms with Crippen molar-refractivity contribution in [1.29, 1.82) is 0 Å². The molecule has 1 heterocycles. The van der Waals surface area contributed by atoms with E-state index < -0.39 is 16.1 Å². The van der Waals surface area contributed by atoms with E-state index in [0.29, 0.717) is 38.5 Å². The lowest BCUT2D eigenvalue weighted by atomic mass is 10.0. The molecule has 1 atom stereocenters. The van der Waals surface area contributed by atoms with Crippen molar-refractivity contribution in [3.8, 4) is 0 Å². The molecular formula is C14H26N2O4S. The SMILES string of the molecule is CC(OCC1CC1)C(=O)N1CCC(N(C)S(C)(=O)=O)CC1. The van der Waals surface area contributed by atoms with Gasteiger partial charge in [-0.25, -0.2) is 12.7 Å². The molecule has 1 aliphatic carbocycles. The van der Waals surface area contributed by atoms with Gasteiger partial charge in [0, 0.05) is 26.2 Å². The van der Waals surface area contributed by atoms with Gasteiger partial charge < -0.3 is 9.64 Å². The standard InChI is InChI=1S/C14H26N2O4S/c1-11(20-10-12-4-5-12)14(17)16-8-6-13(7-9-16)15(2)21(3,18)19/h11-13H,4-10H2,1-3H3. The van der Waals surface area contributed by atoms with Crippen LogP contribution in [0.5, 0.6) is 0 Å². The highest BCUT2D eigenvalue weighted by molar-refractivity contribution is 7.88. The van der Waals surface area contributed by atoms with Crippen LogP contribution in [0.3, 0.4) is 0 Å². The van der Waals surface area contributed by atoms with Crippen LogP contribution in [0.4, 0.5) is 0 Å². The Balaban J connectivity index is 1.78. The maximum Gasteiger partial charge on any atom is 0.251 e. The highest BCUT2D eigenvalue weighted by atomic mass is 32.2. The minimum Gasteiger partial charge on any atom is -0.368 e. The van der Waals surface area contributed by atoms with E-state index in [9.17, 15) is 13.2 Å². The first-order chi connectivity index (χ1) is 9.79. The molecule has 2 aliphatic rings. The molecule has 7 heteroatoms. The first kappa shape index (κ1) is 16.7. The second-order valence-electron chi connectivity index (χ2n) is 6.25. The van der Waals surface area contributed by atoms with Gasteiger partial charge in [-0.3, -0.25) is 4.79 Å². The number of carbonyl (C=O) groups excluding carboxylic acids is 1. The Bertz CT molecular complexity index is 467. The van der Waals surface area contributed by atoms with E-state index in [-0.39, 0.29) is 11.9 Å². The van der Waals surface area contributed by atoms with Gasteiger partial charge in [0.15, 0.2) is 0 Å². The summed E-state index contributed by atoms with van der Waals surface area (Å²) in [5.41, 5.74) is 0. The molecule has 2 fully saturated rings. The number of hydrogen-bond donors (Lipinski definition) is 0. The number of carbonyl (C=O) groups is 1. The van der Waals surface area contributed by atoms with E-state index in [1.54, 1.807) is 18.9 Å². The quantitative estimate of drug-likeness (QED) is 0.722. The third-order valence-corrected chi connectivity index (χ3v) is 5.78. The van der Waals surface area contributed by atoms with Crippen LogP contribution < -0.4 is 0 Å². The summed E-state index contributed by atoms with van der Waals surface area (Å²) in [6.45, 7) is 3.68. The number of hydrogen-bond acceptors (Lipinski definition) is 4. The molecule has 1 saturated heterocycles. The van der Waals surface area contributed by atoms with Crippen LogP contribution in [0.1, 0.15) is 32.6 Å². The number of nitrogens with zero attached hydrogens (tertiary/aromatic N) is 2. The molecule has 0 bridgehead atoms. The highest BCUT2D eigenvalue weighted by Crippen LogP contribution is 2.29. The predicted molar refractivity (Wildman–Crippen MR) is 80.3 cm³/mol. The largest absolute Gasteiger partial charge is 0.368 e. The first-order valence-electron chi connectivity index (χ1n) is 7.62. The van der Waals surface area contributed by atoms with Crippen LogP contribution in [-0.4, -0.2) is 68.7 Å². The summed E-state index contributed by atoms with van der Waals surface area (Å²) in [5.74, 6) is 0.672. The lowest BCUT2D eigenvalue weighted by Crippen LogP contribution is -2.49. The number of sulfonamides is 1. The van der Waals surface area contributed by atoms with Gasteiger partial charge in [-0.1, -0.05) is 0 Å². The second-order valence-corrected chi connectivity index (χ2v) is 8.30. The molecule has 0 aromatic heterocycles. The average Bonchev–Trinajstić information content (AvgIpc) is 3.26. The van der Waals surface area contributed by atoms with Crippen LogP contribution in [-0.2, 0) is 19.6 Å². The summed E-state index contributed by atoms with van der Waals surface area (Å²) in [7, 11) is -1.55. The number of piperidine rings is 1. The van der Waals surface area contributed by atoms with E-state index in [1.165, 1.54) is 23.4 Å². The zero-order valence-corrected chi connectivity index (χ0v) is 13.9. The molecule has 0 N–H and O–H groups in total. The molecule has 0 radical (unpaired) electrons. The Morgan fingerprint density at radius 1 is 1.29 bits per heavy atom. The Hall–Kier alpha value is -0.660. The van der Waals surface area contributed by atoms with Gasteiger partial charge in [0.05, 0.1) is 12.9 Å². The van der Waals surface area contributed by atoms with Crippen LogP contribution in [0.25, 0.3) is 0 Å². The minimum atomic E-state index is -3.16. The zero-order chi connectivity index (χ0) is 15.6. The Kier molecular flexibility index (Phi) is 5.27. The number of amides is 1. The molecule has 0 aromatic carbocycles. The van der Waals surface area contributed by atoms with Crippen molar-refractivity contribution in [3.05, 3.63) is 0 Å². The number of rotatable bonds is 6. The van der Waals surface area contributed by atoms with Gasteiger partial charge in [0.1, 0.15) is 6.10 Å². The van der Waals surface area contributed by atoms with E-state index in [1.807, 2.05) is 0 Å². The van der Waals surface area contributed by atoms with Crippen molar-refractivity contribution in [1.82, 2.24) is 9.21 Å². The van der Waals surface area contributed by atoms with Crippen molar-refractivity contribution >= 4 is 15.9 Å². The van der Waals surface area contributed by atoms with Gasteiger partial charge in [-0.2, -0.15) is 0 Å². The Labute approximate surface area is 127 Å². The number of likely N-dealkylation sites (tertiary alicyclic amines) is 1. The van der Waals surface area contributed by atoms with Gasteiger partial charge in [0.25, 0.3) is 5.91 Å². The molecule has 21 heavy (non-hydrogen) atoms. The van der Waals surface area contributed by atoms with Gasteiger partial charge in [-0.05, 0) is 38.5 Å². The first-order valence-corrected chi connectivity index (χ1v) is 9.47. The molecule has 1 aliphatic heterocycles. The Morgan fingerprint density at radius 2 is 1.86 bits per heavy atom. The lowest BCUT2D eigenvalue weighted by molar-refractivity contribution is -0.144. The summed E-state index contributed by atoms with van der Waals surface area (Å²) < 4.78 is 30.1. The van der Waals surface area contributed by atoms with Gasteiger partial charge in [0.2, 0.25) is 10.0 Å². The Morgan fingerprint density at radius 3 is 2.33 bits per heavy atom. The molecule has 0 spiro atoms. The van der Waals surface area contributed by atoms with Crippen LogP contribution in [0.2, 0.25) is 0 Å². The summed E-state index contributed by atoms with van der Waals surface area (Å²) >= 11 is 0. The maximum atomic E-state index is 12.3. The molecule has 122 valence electrons. The number of ether oxygens (including phenoxy) is 1. The van der Waals surface area contributed by atoms with E-state index in [4.69, 9.17) is 4.74 Å². The molecule has 0 aromatic rings. The highest BCUT2D eigenvalue weighted by Gasteiger charge is 2.31. The van der Waals surface area contributed by atoms with Crippen molar-refractivity contribution in [2.75, 3.05) is 33.0 Å². The maximum absolute atomic E-state index is 12.3. The normalized spacial score (nSPS) is 22.6. The van der Waals surface area contributed by atoms with Gasteiger partial charge >= 0.3 is 0 Å². The molecule has 1 saturated carbocycles. The molecular weight excluding hydrogens is 292 g/mol. The fourth-order valence-corrected chi connectivity index (χ4v) is 3.37. The van der Waals surface area contributed by atoms with Crippen molar-refractivity contribution in [3.63, 3.8) is 0 Å². The van der Waals surface area contributed by atoms with Crippen LogP contribution in [0.15, 0.2) is 0 Å². The molecule has 6 nitrogen and oxygen atoms in total. The predicted octanol–water partition coefficient (Wildman–Crippen LogP) is 0.684. The van der Waals surface area contributed by atoms with Crippen molar-refractivity contribution in [2.24, 2.45) is 5.92 Å². The molecule has 2 rings (SSSR count). The monoisotopic (exact) mass is 318 g/mol. The van der Waals surface area contributed by atoms with Crippen molar-refractivity contribution < 1.29 is 17.9 Å². The van der Waals surface area contributed by atoms with Crippen molar-refractivity contribution in [2.45, 2.75) is 44.8 Å². The second kappa shape index (κ2) is 6.62. The van der Waals surface area contributed by atoms with Crippen LogP contribution in [0, 0.1) is 5.92 Å². The summed E-state index contributed by atoms with van der Waals surface area (Å²) in [6.07, 6.45) is 4.62. The fraction of sp³-hybridized carbons (Fsp3) is 0.929. The average molecular weight is 318 g/mol. The topological polar surface area (TPSA) is 66.9 Å². The summed E-state index contributed by atoms with van der Waals surface area (Å²) in [5, 5.41) is 0. The third kappa shape index (κ3) is 4.66. The smallest absolute Gasteiger partial charge is 0.251 e. The third-order valence-electron chi connectivity index (χ3n) is 4.44. The molecule has 1 amide bonds. The summed E-state index contributed by atoms with van der Waals surface area (Å²) in [4.78, 5) is 14.1.